The summed E-state index contributed by atoms with van der Waals surface area (Å²) in [5.74, 6) is 1.22. The maximum atomic E-state index is 10.8. The topological polar surface area (TPSA) is 38.7 Å². The van der Waals surface area contributed by atoms with E-state index in [2.05, 4.69) is 6.92 Å². The van der Waals surface area contributed by atoms with Crippen LogP contribution >= 0.6 is 0 Å². The maximum absolute atomic E-state index is 10.8. The van der Waals surface area contributed by atoms with Crippen molar-refractivity contribution in [3.05, 3.63) is 29.8 Å². The van der Waals surface area contributed by atoms with E-state index < -0.39 is 6.10 Å². The molecule has 0 saturated heterocycles. The highest BCUT2D eigenvalue weighted by Gasteiger charge is 2.31. The third-order valence-corrected chi connectivity index (χ3v) is 4.40. The average Bonchev–Trinajstić information content (AvgIpc) is 2.55. The first-order valence-electron chi connectivity index (χ1n) is 8.20. The van der Waals surface area contributed by atoms with Crippen LogP contribution in [-0.4, -0.2) is 24.9 Å². The van der Waals surface area contributed by atoms with Crippen LogP contribution in [-0.2, 0) is 4.74 Å². The molecule has 0 heterocycles. The number of rotatable bonds is 7. The van der Waals surface area contributed by atoms with Crippen LogP contribution in [0.2, 0.25) is 0 Å². The molecule has 21 heavy (non-hydrogen) atoms. The number of para-hydroxylation sites is 1. The highest BCUT2D eigenvalue weighted by molar-refractivity contribution is 5.35. The predicted molar refractivity (Wildman–Crippen MR) is 84.6 cm³/mol. The number of aliphatic hydroxyl groups excluding tert-OH is 1. The summed E-state index contributed by atoms with van der Waals surface area (Å²) in [5, 5.41) is 10.8. The Morgan fingerprint density at radius 3 is 2.57 bits per heavy atom. The first kappa shape index (κ1) is 16.3. The van der Waals surface area contributed by atoms with Gasteiger partial charge in [-0.2, -0.15) is 0 Å². The van der Waals surface area contributed by atoms with Crippen LogP contribution in [0.25, 0.3) is 0 Å². The molecule has 0 spiro atoms. The lowest BCUT2D eigenvalue weighted by atomic mass is 9.82. The molecule has 0 aromatic heterocycles. The van der Waals surface area contributed by atoms with Crippen molar-refractivity contribution in [2.45, 2.75) is 57.7 Å². The van der Waals surface area contributed by atoms with Crippen LogP contribution in [0.1, 0.15) is 57.1 Å². The third kappa shape index (κ3) is 4.21. The summed E-state index contributed by atoms with van der Waals surface area (Å²) in [4.78, 5) is 0. The number of hydrogen-bond donors (Lipinski definition) is 1. The van der Waals surface area contributed by atoms with Gasteiger partial charge < -0.3 is 14.6 Å². The zero-order chi connectivity index (χ0) is 15.1. The molecule has 2 atom stereocenters. The van der Waals surface area contributed by atoms with Gasteiger partial charge in [0.15, 0.2) is 0 Å². The van der Waals surface area contributed by atoms with Gasteiger partial charge in [0.2, 0.25) is 0 Å². The minimum Gasteiger partial charge on any atom is -0.493 e. The SMILES string of the molecule is CCCOc1ccccc1C(O)C(OC)C1CCCCC1. The molecule has 1 aromatic rings. The van der Waals surface area contributed by atoms with Gasteiger partial charge in [-0.3, -0.25) is 0 Å². The van der Waals surface area contributed by atoms with Crippen LogP contribution in [0.4, 0.5) is 0 Å². The number of ether oxygens (including phenoxy) is 2. The molecule has 2 rings (SSSR count). The first-order chi connectivity index (χ1) is 10.3. The summed E-state index contributed by atoms with van der Waals surface area (Å²) in [6.07, 6.45) is 6.28. The van der Waals surface area contributed by atoms with Crippen molar-refractivity contribution in [1.82, 2.24) is 0 Å². The fourth-order valence-corrected chi connectivity index (χ4v) is 3.29. The van der Waals surface area contributed by atoms with E-state index in [0.717, 1.165) is 30.6 Å². The Morgan fingerprint density at radius 1 is 1.19 bits per heavy atom. The van der Waals surface area contributed by atoms with Crippen LogP contribution < -0.4 is 4.74 Å². The van der Waals surface area contributed by atoms with Crippen molar-refractivity contribution in [1.29, 1.82) is 0 Å². The van der Waals surface area contributed by atoms with E-state index in [1.54, 1.807) is 7.11 Å². The van der Waals surface area contributed by atoms with E-state index in [0.29, 0.717) is 12.5 Å². The fraction of sp³-hybridized carbons (Fsp3) is 0.667. The predicted octanol–water partition coefficient (Wildman–Crippen LogP) is 4.10. The van der Waals surface area contributed by atoms with Gasteiger partial charge in [0.25, 0.3) is 0 Å². The van der Waals surface area contributed by atoms with E-state index in [1.165, 1.54) is 19.3 Å². The molecule has 3 heteroatoms. The average molecular weight is 292 g/mol. The summed E-state index contributed by atoms with van der Waals surface area (Å²) in [7, 11) is 1.71. The largest absolute Gasteiger partial charge is 0.493 e. The molecular formula is C18H28O3. The summed E-state index contributed by atoms with van der Waals surface area (Å²) < 4.78 is 11.4. The Bertz CT molecular complexity index is 413. The Hall–Kier alpha value is -1.06. The van der Waals surface area contributed by atoms with Gasteiger partial charge in [-0.1, -0.05) is 44.4 Å². The monoisotopic (exact) mass is 292 g/mol. The summed E-state index contributed by atoms with van der Waals surface area (Å²) >= 11 is 0. The molecule has 0 aliphatic heterocycles. The van der Waals surface area contributed by atoms with Crippen LogP contribution in [0.5, 0.6) is 5.75 Å². The molecule has 1 aromatic carbocycles. The van der Waals surface area contributed by atoms with E-state index in [9.17, 15) is 5.11 Å². The molecule has 1 fully saturated rings. The standard InChI is InChI=1S/C18H28O3/c1-3-13-21-16-12-8-7-11-15(16)17(19)18(20-2)14-9-5-4-6-10-14/h7-8,11-12,14,17-19H,3-6,9-10,13H2,1-2H3. The van der Waals surface area contributed by atoms with Gasteiger partial charge in [-0.15, -0.1) is 0 Å². The second-order valence-corrected chi connectivity index (χ2v) is 5.93. The third-order valence-electron chi connectivity index (χ3n) is 4.40. The van der Waals surface area contributed by atoms with Crippen LogP contribution in [0.3, 0.4) is 0 Å². The summed E-state index contributed by atoms with van der Waals surface area (Å²) in [6.45, 7) is 2.75. The number of hydrogen-bond acceptors (Lipinski definition) is 3. The van der Waals surface area contributed by atoms with Gasteiger partial charge in [-0.05, 0) is 31.2 Å². The number of methoxy groups -OCH3 is 1. The zero-order valence-electron chi connectivity index (χ0n) is 13.3. The smallest absolute Gasteiger partial charge is 0.125 e. The van der Waals surface area contributed by atoms with Gasteiger partial charge in [0, 0.05) is 12.7 Å². The van der Waals surface area contributed by atoms with Crippen molar-refractivity contribution in [3.63, 3.8) is 0 Å². The second-order valence-electron chi connectivity index (χ2n) is 5.93. The quantitative estimate of drug-likeness (QED) is 0.822. The summed E-state index contributed by atoms with van der Waals surface area (Å²) in [5.41, 5.74) is 0.850. The normalized spacial score (nSPS) is 19.2. The molecule has 0 radical (unpaired) electrons. The Morgan fingerprint density at radius 2 is 1.90 bits per heavy atom. The van der Waals surface area contributed by atoms with Gasteiger partial charge >= 0.3 is 0 Å². The Balaban J connectivity index is 2.14. The molecule has 3 nitrogen and oxygen atoms in total. The molecular weight excluding hydrogens is 264 g/mol. The lowest BCUT2D eigenvalue weighted by molar-refractivity contribution is -0.0567. The zero-order valence-corrected chi connectivity index (χ0v) is 13.3. The van der Waals surface area contributed by atoms with E-state index in [4.69, 9.17) is 9.47 Å². The van der Waals surface area contributed by atoms with Gasteiger partial charge in [0.05, 0.1) is 12.7 Å². The molecule has 118 valence electrons. The number of benzene rings is 1. The molecule has 0 bridgehead atoms. The molecule has 1 aliphatic rings. The molecule has 1 N–H and O–H groups in total. The van der Waals surface area contributed by atoms with E-state index >= 15 is 0 Å². The fourth-order valence-electron chi connectivity index (χ4n) is 3.29. The van der Waals surface area contributed by atoms with Crippen LogP contribution in [0, 0.1) is 5.92 Å². The van der Waals surface area contributed by atoms with Crippen molar-refractivity contribution >= 4 is 0 Å². The molecule has 1 saturated carbocycles. The van der Waals surface area contributed by atoms with Crippen molar-refractivity contribution in [3.8, 4) is 5.75 Å². The Kier molecular flexibility index (Phi) is 6.52. The lowest BCUT2D eigenvalue weighted by Gasteiger charge is -2.33. The molecule has 0 amide bonds. The lowest BCUT2D eigenvalue weighted by Crippen LogP contribution is -2.31. The number of aliphatic hydroxyl groups is 1. The van der Waals surface area contributed by atoms with E-state index in [1.807, 2.05) is 24.3 Å². The molecule has 1 aliphatic carbocycles. The second kappa shape index (κ2) is 8.40. The maximum Gasteiger partial charge on any atom is 0.125 e. The Labute approximate surface area is 128 Å². The highest BCUT2D eigenvalue weighted by atomic mass is 16.5. The van der Waals surface area contributed by atoms with Gasteiger partial charge in [-0.25, -0.2) is 0 Å². The minimum absolute atomic E-state index is 0.142. The minimum atomic E-state index is -0.619. The van der Waals surface area contributed by atoms with Crippen molar-refractivity contribution in [2.24, 2.45) is 5.92 Å². The van der Waals surface area contributed by atoms with E-state index in [-0.39, 0.29) is 6.10 Å². The van der Waals surface area contributed by atoms with Crippen LogP contribution in [0.15, 0.2) is 24.3 Å². The summed E-state index contributed by atoms with van der Waals surface area (Å²) in [6, 6.07) is 7.78. The molecule has 2 unspecified atom stereocenters. The van der Waals surface area contributed by atoms with Crippen molar-refractivity contribution < 1.29 is 14.6 Å². The van der Waals surface area contributed by atoms with Crippen molar-refractivity contribution in [2.75, 3.05) is 13.7 Å². The highest BCUT2D eigenvalue weighted by Crippen LogP contribution is 2.36. The van der Waals surface area contributed by atoms with Gasteiger partial charge in [0.1, 0.15) is 11.9 Å². The first-order valence-corrected chi connectivity index (χ1v) is 8.20.